The number of hydrogen-bond acceptors (Lipinski definition) is 5. The summed E-state index contributed by atoms with van der Waals surface area (Å²) in [6, 6.07) is -0.102. The normalized spacial score (nSPS) is 32.9. The van der Waals surface area contributed by atoms with Crippen molar-refractivity contribution in [3.63, 3.8) is 0 Å². The summed E-state index contributed by atoms with van der Waals surface area (Å²) >= 11 is 0. The molecule has 2 heterocycles. The molecule has 0 fully saturated rings. The Balaban J connectivity index is 2.93. The zero-order valence-electron chi connectivity index (χ0n) is 15.1. The quantitative estimate of drug-likeness (QED) is 0.693. The van der Waals surface area contributed by atoms with E-state index >= 15 is 0 Å². The second-order valence-corrected chi connectivity index (χ2v) is 17.6. The monoisotopic (exact) mass is 398 g/mol. The maximum atomic E-state index is 13.2. The average Bonchev–Trinajstić information content (AvgIpc) is 2.66. The van der Waals surface area contributed by atoms with E-state index in [0.717, 1.165) is 5.57 Å². The molecule has 9 heteroatoms. The fraction of sp³-hybridized carbons (Fsp3) is 0.800. The van der Waals surface area contributed by atoms with Gasteiger partial charge in [0.15, 0.2) is 9.84 Å². The van der Waals surface area contributed by atoms with Gasteiger partial charge in [0.25, 0.3) is 0 Å². The molecule has 0 bridgehead atoms. The van der Waals surface area contributed by atoms with Crippen molar-refractivity contribution in [2.24, 2.45) is 5.14 Å². The van der Waals surface area contributed by atoms with Gasteiger partial charge in [-0.05, 0) is 50.1 Å². The van der Waals surface area contributed by atoms with Crippen LogP contribution in [0.25, 0.3) is 0 Å². The van der Waals surface area contributed by atoms with E-state index in [0.29, 0.717) is 29.4 Å². The van der Waals surface area contributed by atoms with Gasteiger partial charge in [0.05, 0.1) is 13.7 Å². The third-order valence-corrected chi connectivity index (χ3v) is 17.4. The molecule has 0 aromatic heterocycles. The van der Waals surface area contributed by atoms with Crippen LogP contribution in [-0.4, -0.2) is 57.1 Å². The Morgan fingerprint density at radius 1 is 1.29 bits per heavy atom. The largest absolute Gasteiger partial charge is 0.310 e. The van der Waals surface area contributed by atoms with E-state index in [1.165, 1.54) is 0 Å². The van der Waals surface area contributed by atoms with E-state index in [1.807, 2.05) is 26.4 Å². The fourth-order valence-electron chi connectivity index (χ4n) is 4.33. The Labute approximate surface area is 146 Å². The van der Waals surface area contributed by atoms with Crippen molar-refractivity contribution in [3.8, 4) is 0 Å². The highest BCUT2D eigenvalue weighted by molar-refractivity contribution is 8.59. The van der Waals surface area contributed by atoms with E-state index in [2.05, 4.69) is 5.32 Å². The maximum absolute atomic E-state index is 13.2. The lowest BCUT2D eigenvalue weighted by molar-refractivity contribution is 0.513. The molecule has 2 aliphatic heterocycles. The van der Waals surface area contributed by atoms with Gasteiger partial charge >= 0.3 is 0 Å². The molecule has 3 N–H and O–H groups in total. The third-order valence-electron chi connectivity index (χ3n) is 5.28. The lowest BCUT2D eigenvalue weighted by Crippen LogP contribution is -2.41. The summed E-state index contributed by atoms with van der Waals surface area (Å²) in [6.45, 7) is 6.34. The SMILES string of the molecule is CCCS1(C)(C)=C(S(N)(=O)=O)CC2=C1S(=O)(=O)C(C)CC2NCC. The van der Waals surface area contributed by atoms with Crippen LogP contribution in [0, 0.1) is 0 Å². The first-order valence-corrected chi connectivity index (χ1v) is 14.4. The van der Waals surface area contributed by atoms with Crippen LogP contribution in [0.15, 0.2) is 9.81 Å². The van der Waals surface area contributed by atoms with E-state index in [1.54, 1.807) is 6.92 Å². The van der Waals surface area contributed by atoms with Gasteiger partial charge in [-0.25, -0.2) is 30.7 Å². The van der Waals surface area contributed by atoms with E-state index in [-0.39, 0.29) is 16.7 Å². The minimum atomic E-state index is -3.92. The molecular weight excluding hydrogens is 368 g/mol. The van der Waals surface area contributed by atoms with Crippen molar-refractivity contribution in [3.05, 3.63) is 9.81 Å². The number of primary sulfonamides is 1. The summed E-state index contributed by atoms with van der Waals surface area (Å²) in [5, 5.41) is 8.37. The number of nitrogens with two attached hydrogens (primary N) is 1. The van der Waals surface area contributed by atoms with Gasteiger partial charge in [0.2, 0.25) is 10.0 Å². The van der Waals surface area contributed by atoms with Gasteiger partial charge in [-0.15, -0.1) is 0 Å². The number of rotatable bonds is 4. The van der Waals surface area contributed by atoms with Crippen molar-refractivity contribution in [1.29, 1.82) is 0 Å². The molecule has 2 rings (SSSR count). The lowest BCUT2D eigenvalue weighted by Gasteiger charge is -2.46. The second kappa shape index (κ2) is 5.90. The topological polar surface area (TPSA) is 106 Å². The van der Waals surface area contributed by atoms with Gasteiger partial charge in [-0.2, -0.15) is 0 Å². The highest BCUT2D eigenvalue weighted by atomic mass is 32.3. The molecular formula is C15H30N2O4S3. The Bertz CT molecular complexity index is 860. The van der Waals surface area contributed by atoms with E-state index < -0.39 is 33.9 Å². The van der Waals surface area contributed by atoms with Crippen LogP contribution in [-0.2, 0) is 19.9 Å². The van der Waals surface area contributed by atoms with E-state index in [4.69, 9.17) is 5.14 Å². The standard InChI is InChI=1S/C15H30N2O4S3/c1-6-8-24(4,5)14(23(16,20)21)10-12-13(17-7-2)9-11(3)22(18,19)15(12)24/h11,13,17H,6-10H2,1-5H3,(H2,16,20,21). The predicted molar refractivity (Wildman–Crippen MR) is 105 cm³/mol. The van der Waals surface area contributed by atoms with Crippen LogP contribution >= 0.6 is 8.75 Å². The number of nitrogens with one attached hydrogen (secondary N) is 1. The molecule has 0 aliphatic carbocycles. The molecule has 24 heavy (non-hydrogen) atoms. The Kier molecular flexibility index (Phi) is 4.94. The summed E-state index contributed by atoms with van der Waals surface area (Å²) in [5.74, 6) is 0.534. The fourth-order valence-corrected chi connectivity index (χ4v) is 17.3. The van der Waals surface area contributed by atoms with Gasteiger partial charge < -0.3 is 5.32 Å². The lowest BCUT2D eigenvalue weighted by atomic mass is 10.0. The summed E-state index contributed by atoms with van der Waals surface area (Å²) in [4.78, 5) is 0. The zero-order valence-corrected chi connectivity index (χ0v) is 17.6. The van der Waals surface area contributed by atoms with E-state index in [9.17, 15) is 16.8 Å². The Morgan fingerprint density at radius 2 is 1.88 bits per heavy atom. The van der Waals surface area contributed by atoms with Crippen molar-refractivity contribution in [2.75, 3.05) is 24.8 Å². The smallest absolute Gasteiger partial charge is 0.238 e. The number of sulfonamides is 1. The van der Waals surface area contributed by atoms with Gasteiger partial charge in [-0.3, -0.25) is 0 Å². The molecule has 0 saturated heterocycles. The minimum Gasteiger partial charge on any atom is -0.310 e. The summed E-state index contributed by atoms with van der Waals surface area (Å²) in [5.41, 5.74) is 0.736. The second-order valence-electron chi connectivity index (χ2n) is 7.51. The Hall–Kier alpha value is -0.220. The molecule has 2 aliphatic rings. The molecule has 0 spiro atoms. The van der Waals surface area contributed by atoms with Crippen molar-refractivity contribution >= 4 is 32.8 Å². The molecule has 142 valence electrons. The predicted octanol–water partition coefficient (Wildman–Crippen LogP) is 1.22. The van der Waals surface area contributed by atoms with Crippen LogP contribution in [0.5, 0.6) is 0 Å². The number of likely N-dealkylation sites (N-methyl/N-ethyl adjacent to an activating group) is 1. The maximum Gasteiger partial charge on any atom is 0.238 e. The van der Waals surface area contributed by atoms with Crippen LogP contribution < -0.4 is 10.5 Å². The van der Waals surface area contributed by atoms with Crippen LogP contribution in [0.2, 0.25) is 0 Å². The van der Waals surface area contributed by atoms with Gasteiger partial charge in [-0.1, -0.05) is 13.8 Å². The Morgan fingerprint density at radius 3 is 2.33 bits per heavy atom. The summed E-state index contributed by atoms with van der Waals surface area (Å²) in [7, 11) is -10.4. The molecule has 0 amide bonds. The first-order valence-electron chi connectivity index (χ1n) is 8.26. The molecule has 0 aromatic rings. The van der Waals surface area contributed by atoms with Crippen molar-refractivity contribution in [1.82, 2.24) is 5.32 Å². The highest BCUT2D eigenvalue weighted by Gasteiger charge is 2.53. The molecule has 2 unspecified atom stereocenters. The molecule has 0 radical (unpaired) electrons. The molecule has 2 atom stereocenters. The first-order chi connectivity index (χ1) is 10.8. The van der Waals surface area contributed by atoms with Gasteiger partial charge in [0.1, 0.15) is 0 Å². The number of sulfone groups is 1. The van der Waals surface area contributed by atoms with Crippen LogP contribution in [0.4, 0.5) is 0 Å². The molecule has 0 aromatic carbocycles. The van der Waals surface area contributed by atoms with Crippen molar-refractivity contribution < 1.29 is 16.8 Å². The highest BCUT2D eigenvalue weighted by Crippen LogP contribution is 2.70. The molecule has 0 saturated carbocycles. The van der Waals surface area contributed by atoms with Gasteiger partial charge in [0, 0.05) is 12.5 Å². The number of hydrogen-bond donors (Lipinski definition) is 2. The summed E-state index contributed by atoms with van der Waals surface area (Å²) < 4.78 is 51.8. The minimum absolute atomic E-state index is 0.102. The molecule has 6 nitrogen and oxygen atoms in total. The van der Waals surface area contributed by atoms with Crippen LogP contribution in [0.3, 0.4) is 0 Å². The third kappa shape index (κ3) is 2.82. The first kappa shape index (κ1) is 20.1. The summed E-state index contributed by atoms with van der Waals surface area (Å²) in [6.07, 6.45) is 5.04. The van der Waals surface area contributed by atoms with Crippen LogP contribution in [0.1, 0.15) is 40.0 Å². The zero-order chi connectivity index (χ0) is 18.6. The van der Waals surface area contributed by atoms with Crippen molar-refractivity contribution in [2.45, 2.75) is 51.3 Å². The average molecular weight is 399 g/mol.